The first-order valence-corrected chi connectivity index (χ1v) is 6.86. The van der Waals surface area contributed by atoms with Crippen molar-refractivity contribution in [1.82, 2.24) is 5.32 Å². The highest BCUT2D eigenvalue weighted by Gasteiger charge is 2.10. The largest absolute Gasteiger partial charge is 0.311 e. The molecule has 1 aromatic carbocycles. The van der Waals surface area contributed by atoms with Gasteiger partial charge in [0.25, 0.3) is 0 Å². The molecule has 2 heteroatoms. The van der Waals surface area contributed by atoms with Crippen molar-refractivity contribution in [1.29, 1.82) is 0 Å². The van der Waals surface area contributed by atoms with E-state index in [0.717, 1.165) is 17.4 Å². The van der Waals surface area contributed by atoms with E-state index in [1.54, 1.807) is 0 Å². The lowest BCUT2D eigenvalue weighted by Gasteiger charge is -2.21. The van der Waals surface area contributed by atoms with E-state index < -0.39 is 0 Å². The zero-order chi connectivity index (χ0) is 12.8. The topological polar surface area (TPSA) is 12.0 Å². The zero-order valence-electron chi connectivity index (χ0n) is 11.3. The molecule has 0 saturated carbocycles. The summed E-state index contributed by atoms with van der Waals surface area (Å²) in [5, 5.41) is 4.50. The molecule has 0 radical (unpaired) electrons. The average Bonchev–Trinajstić information content (AvgIpc) is 2.19. The van der Waals surface area contributed by atoms with Crippen molar-refractivity contribution in [3.05, 3.63) is 34.9 Å². The minimum Gasteiger partial charge on any atom is -0.311 e. The van der Waals surface area contributed by atoms with Crippen LogP contribution in [0.5, 0.6) is 0 Å². The summed E-state index contributed by atoms with van der Waals surface area (Å²) in [6, 6.07) is 9.11. The summed E-state index contributed by atoms with van der Waals surface area (Å²) in [5.41, 5.74) is 1.23. The van der Waals surface area contributed by atoms with Crippen LogP contribution in [0.2, 0.25) is 5.02 Å². The van der Waals surface area contributed by atoms with Crippen molar-refractivity contribution in [2.45, 2.75) is 52.6 Å². The van der Waals surface area contributed by atoms with E-state index in [-0.39, 0.29) is 0 Å². The van der Waals surface area contributed by atoms with Gasteiger partial charge in [-0.25, -0.2) is 0 Å². The van der Waals surface area contributed by atoms with E-state index in [1.165, 1.54) is 12.0 Å². The Morgan fingerprint density at radius 3 is 2.29 bits per heavy atom. The van der Waals surface area contributed by atoms with E-state index in [2.05, 4.69) is 39.1 Å². The second-order valence-electron chi connectivity index (χ2n) is 5.39. The number of rotatable bonds is 6. The standard InChI is InChI=1S/C15H24ClN/c1-11(2)9-12(3)17-13(4)10-14-7-5-6-8-15(14)16/h5-8,11-13,17H,9-10H2,1-4H3. The number of hydrogen-bond donors (Lipinski definition) is 1. The van der Waals surface area contributed by atoms with Gasteiger partial charge in [-0.05, 0) is 44.2 Å². The molecule has 0 aliphatic heterocycles. The van der Waals surface area contributed by atoms with Crippen LogP contribution in [0.1, 0.15) is 39.7 Å². The third-order valence-corrected chi connectivity index (χ3v) is 3.25. The normalized spacial score (nSPS) is 14.9. The Bertz CT molecular complexity index is 335. The summed E-state index contributed by atoms with van der Waals surface area (Å²) in [5.74, 6) is 0.741. The number of hydrogen-bond acceptors (Lipinski definition) is 1. The summed E-state index contributed by atoms with van der Waals surface area (Å²) >= 11 is 6.16. The van der Waals surface area contributed by atoms with Crippen molar-refractivity contribution in [2.75, 3.05) is 0 Å². The first-order chi connectivity index (χ1) is 7.99. The highest BCUT2D eigenvalue weighted by molar-refractivity contribution is 6.31. The van der Waals surface area contributed by atoms with Crippen LogP contribution in [0.25, 0.3) is 0 Å². The van der Waals surface area contributed by atoms with Gasteiger partial charge in [0.1, 0.15) is 0 Å². The summed E-state index contributed by atoms with van der Waals surface area (Å²) in [7, 11) is 0. The van der Waals surface area contributed by atoms with E-state index >= 15 is 0 Å². The summed E-state index contributed by atoms with van der Waals surface area (Å²) < 4.78 is 0. The molecule has 2 unspecified atom stereocenters. The van der Waals surface area contributed by atoms with E-state index in [0.29, 0.717) is 12.1 Å². The molecule has 0 bridgehead atoms. The highest BCUT2D eigenvalue weighted by Crippen LogP contribution is 2.17. The van der Waals surface area contributed by atoms with Gasteiger partial charge >= 0.3 is 0 Å². The van der Waals surface area contributed by atoms with Crippen LogP contribution in [0.3, 0.4) is 0 Å². The molecule has 0 heterocycles. The van der Waals surface area contributed by atoms with Gasteiger partial charge in [-0.1, -0.05) is 43.6 Å². The average molecular weight is 254 g/mol. The fourth-order valence-corrected chi connectivity index (χ4v) is 2.53. The Morgan fingerprint density at radius 2 is 1.71 bits per heavy atom. The van der Waals surface area contributed by atoms with Crippen molar-refractivity contribution in [3.63, 3.8) is 0 Å². The number of nitrogens with one attached hydrogen (secondary N) is 1. The second kappa shape index (κ2) is 7.03. The van der Waals surface area contributed by atoms with E-state index in [4.69, 9.17) is 11.6 Å². The smallest absolute Gasteiger partial charge is 0.0438 e. The molecule has 1 rings (SSSR count). The summed E-state index contributed by atoms with van der Waals surface area (Å²) in [4.78, 5) is 0. The molecule has 0 aromatic heterocycles. The Morgan fingerprint density at radius 1 is 1.06 bits per heavy atom. The molecule has 0 aliphatic rings. The van der Waals surface area contributed by atoms with Gasteiger partial charge in [-0.2, -0.15) is 0 Å². The van der Waals surface area contributed by atoms with Gasteiger partial charge in [0.2, 0.25) is 0 Å². The van der Waals surface area contributed by atoms with Crippen LogP contribution in [0.15, 0.2) is 24.3 Å². The predicted octanol–water partition coefficient (Wildman–Crippen LogP) is 4.30. The molecule has 1 nitrogen and oxygen atoms in total. The fraction of sp³-hybridized carbons (Fsp3) is 0.600. The van der Waals surface area contributed by atoms with Crippen molar-refractivity contribution in [3.8, 4) is 0 Å². The Balaban J connectivity index is 2.44. The van der Waals surface area contributed by atoms with Crippen LogP contribution in [0, 0.1) is 5.92 Å². The van der Waals surface area contributed by atoms with Crippen LogP contribution in [-0.4, -0.2) is 12.1 Å². The molecule has 0 amide bonds. The molecular weight excluding hydrogens is 230 g/mol. The van der Waals surface area contributed by atoms with Crippen molar-refractivity contribution >= 4 is 11.6 Å². The number of benzene rings is 1. The lowest BCUT2D eigenvalue weighted by Crippen LogP contribution is -2.36. The van der Waals surface area contributed by atoms with Gasteiger partial charge in [-0.3, -0.25) is 0 Å². The van der Waals surface area contributed by atoms with Crippen LogP contribution >= 0.6 is 11.6 Å². The van der Waals surface area contributed by atoms with Gasteiger partial charge in [-0.15, -0.1) is 0 Å². The number of halogens is 1. The fourth-order valence-electron chi connectivity index (χ4n) is 2.31. The molecule has 96 valence electrons. The maximum atomic E-state index is 6.16. The maximum absolute atomic E-state index is 6.16. The minimum absolute atomic E-state index is 0.462. The van der Waals surface area contributed by atoms with Gasteiger partial charge < -0.3 is 5.32 Å². The molecule has 0 spiro atoms. The third-order valence-electron chi connectivity index (χ3n) is 2.88. The molecule has 2 atom stereocenters. The first-order valence-electron chi connectivity index (χ1n) is 6.48. The quantitative estimate of drug-likeness (QED) is 0.797. The van der Waals surface area contributed by atoms with E-state index in [9.17, 15) is 0 Å². The third kappa shape index (κ3) is 5.56. The van der Waals surface area contributed by atoms with E-state index in [1.807, 2.05) is 18.2 Å². The Kier molecular flexibility index (Phi) is 6.01. The molecule has 0 fully saturated rings. The molecule has 1 N–H and O–H groups in total. The minimum atomic E-state index is 0.462. The van der Waals surface area contributed by atoms with Crippen LogP contribution in [0.4, 0.5) is 0 Å². The second-order valence-corrected chi connectivity index (χ2v) is 5.80. The van der Waals surface area contributed by atoms with Crippen molar-refractivity contribution in [2.24, 2.45) is 5.92 Å². The summed E-state index contributed by atoms with van der Waals surface area (Å²) in [6.45, 7) is 9.00. The molecule has 0 saturated heterocycles. The first kappa shape index (κ1) is 14.5. The Labute approximate surface area is 111 Å². The summed E-state index contributed by atoms with van der Waals surface area (Å²) in [6.07, 6.45) is 2.20. The monoisotopic (exact) mass is 253 g/mol. The lowest BCUT2D eigenvalue weighted by molar-refractivity contribution is 0.400. The molecule has 1 aromatic rings. The molecule has 0 aliphatic carbocycles. The van der Waals surface area contributed by atoms with Gasteiger partial charge in [0, 0.05) is 17.1 Å². The SMILES string of the molecule is CC(C)CC(C)NC(C)Cc1ccccc1Cl. The zero-order valence-corrected chi connectivity index (χ0v) is 12.1. The highest BCUT2D eigenvalue weighted by atomic mass is 35.5. The van der Waals surface area contributed by atoms with Gasteiger partial charge in [0.05, 0.1) is 0 Å². The van der Waals surface area contributed by atoms with Gasteiger partial charge in [0.15, 0.2) is 0 Å². The molecular formula is C15H24ClN. The molecule has 17 heavy (non-hydrogen) atoms. The van der Waals surface area contributed by atoms with Crippen molar-refractivity contribution < 1.29 is 0 Å². The Hall–Kier alpha value is -0.530. The predicted molar refractivity (Wildman–Crippen MR) is 76.7 cm³/mol. The maximum Gasteiger partial charge on any atom is 0.0438 e. The van der Waals surface area contributed by atoms with Crippen LogP contribution < -0.4 is 5.32 Å². The van der Waals surface area contributed by atoms with Crippen LogP contribution in [-0.2, 0) is 6.42 Å². The lowest BCUT2D eigenvalue weighted by atomic mass is 10.0.